The van der Waals surface area contributed by atoms with Gasteiger partial charge in [-0.2, -0.15) is 0 Å². The number of anilines is 1. The molecule has 0 heterocycles. The number of carbonyl (C=O) groups excluding carboxylic acids is 3. The molecule has 1 aromatic carbocycles. The van der Waals surface area contributed by atoms with Crippen LogP contribution in [-0.2, 0) is 23.9 Å². The van der Waals surface area contributed by atoms with Crippen LogP contribution in [0.4, 0.5) is 5.69 Å². The molecular weight excluding hydrogens is 514 g/mol. The standard InChI is InChI=1S/C35H57NO5/c1-6-7-8-9-10-11-12-13-14-15-16-17-18-19-20-33(37)36-31-23-21-30(22-24-31)25-32(34(38)40-26-28(2)3)35(39)41-27-29(4)5/h21-25,28-29H,6-20,26-27H2,1-5H3,(H,36,37). The van der Waals surface area contributed by atoms with Crippen molar-refractivity contribution in [3.05, 3.63) is 35.4 Å². The molecule has 6 nitrogen and oxygen atoms in total. The Morgan fingerprint density at radius 2 is 1.07 bits per heavy atom. The molecule has 0 atom stereocenters. The number of esters is 2. The summed E-state index contributed by atoms with van der Waals surface area (Å²) >= 11 is 0. The summed E-state index contributed by atoms with van der Waals surface area (Å²) in [5.74, 6) is -1.09. The van der Waals surface area contributed by atoms with Gasteiger partial charge in [-0.1, -0.05) is 130 Å². The number of hydrogen-bond acceptors (Lipinski definition) is 5. The Kier molecular flexibility index (Phi) is 20.4. The van der Waals surface area contributed by atoms with Crippen molar-refractivity contribution in [3.63, 3.8) is 0 Å². The van der Waals surface area contributed by atoms with Gasteiger partial charge in [-0.15, -0.1) is 0 Å². The van der Waals surface area contributed by atoms with Gasteiger partial charge >= 0.3 is 11.9 Å². The van der Waals surface area contributed by atoms with Gasteiger partial charge in [-0.25, -0.2) is 9.59 Å². The zero-order valence-electron chi connectivity index (χ0n) is 26.6. The molecule has 6 heteroatoms. The number of ether oxygens (including phenoxy) is 2. The van der Waals surface area contributed by atoms with E-state index in [1.165, 1.54) is 83.1 Å². The molecule has 0 unspecified atom stereocenters. The first-order chi connectivity index (χ1) is 19.7. The Hall–Kier alpha value is -2.63. The largest absolute Gasteiger partial charge is 0.462 e. The molecule has 0 aromatic heterocycles. The lowest BCUT2D eigenvalue weighted by Crippen LogP contribution is -2.21. The van der Waals surface area contributed by atoms with Crippen molar-refractivity contribution in [3.8, 4) is 0 Å². The minimum atomic E-state index is -0.696. The maximum absolute atomic E-state index is 12.6. The summed E-state index contributed by atoms with van der Waals surface area (Å²) < 4.78 is 10.6. The SMILES string of the molecule is CCCCCCCCCCCCCCCCC(=O)Nc1ccc(C=C(C(=O)OCC(C)C)C(=O)OCC(C)C)cc1. The lowest BCUT2D eigenvalue weighted by Gasteiger charge is -2.12. The van der Waals surface area contributed by atoms with Crippen molar-refractivity contribution in [1.82, 2.24) is 0 Å². The van der Waals surface area contributed by atoms with E-state index in [1.807, 2.05) is 27.7 Å². The Balaban J connectivity index is 2.37. The van der Waals surface area contributed by atoms with Crippen LogP contribution in [0.25, 0.3) is 6.08 Å². The average Bonchev–Trinajstić information content (AvgIpc) is 2.94. The predicted molar refractivity (Wildman–Crippen MR) is 170 cm³/mol. The van der Waals surface area contributed by atoms with Crippen molar-refractivity contribution < 1.29 is 23.9 Å². The maximum Gasteiger partial charge on any atom is 0.345 e. The van der Waals surface area contributed by atoms with E-state index in [0.717, 1.165) is 12.8 Å². The fraction of sp³-hybridized carbons (Fsp3) is 0.686. The van der Waals surface area contributed by atoms with Crippen LogP contribution >= 0.6 is 0 Å². The molecule has 0 aliphatic carbocycles. The second-order valence-corrected chi connectivity index (χ2v) is 12.1. The summed E-state index contributed by atoms with van der Waals surface area (Å²) in [6, 6.07) is 7.05. The van der Waals surface area contributed by atoms with Gasteiger partial charge in [0.1, 0.15) is 5.57 Å². The van der Waals surface area contributed by atoms with E-state index in [2.05, 4.69) is 12.2 Å². The van der Waals surface area contributed by atoms with Crippen molar-refractivity contribution in [2.24, 2.45) is 11.8 Å². The van der Waals surface area contributed by atoms with Crippen molar-refractivity contribution >= 4 is 29.6 Å². The van der Waals surface area contributed by atoms with Gasteiger partial charge in [0.2, 0.25) is 5.91 Å². The summed E-state index contributed by atoms with van der Waals surface area (Å²) in [7, 11) is 0. The number of carbonyl (C=O) groups is 3. The minimum absolute atomic E-state index is 0.00226. The molecule has 0 bridgehead atoms. The predicted octanol–water partition coefficient (Wildman–Crippen LogP) is 9.28. The number of nitrogens with one attached hydrogen (secondary N) is 1. The highest BCUT2D eigenvalue weighted by Crippen LogP contribution is 2.17. The third-order valence-corrected chi connectivity index (χ3v) is 6.80. The lowest BCUT2D eigenvalue weighted by molar-refractivity contribution is -0.148. The first-order valence-electron chi connectivity index (χ1n) is 16.2. The van der Waals surface area contributed by atoms with E-state index in [-0.39, 0.29) is 36.5 Å². The van der Waals surface area contributed by atoms with Crippen molar-refractivity contribution in [2.45, 2.75) is 131 Å². The molecule has 1 rings (SSSR count). The van der Waals surface area contributed by atoms with Crippen LogP contribution < -0.4 is 5.32 Å². The van der Waals surface area contributed by atoms with Crippen LogP contribution in [0, 0.1) is 11.8 Å². The van der Waals surface area contributed by atoms with E-state index in [1.54, 1.807) is 24.3 Å². The number of rotatable bonds is 23. The van der Waals surface area contributed by atoms with E-state index in [0.29, 0.717) is 17.7 Å². The molecule has 0 saturated heterocycles. The Morgan fingerprint density at radius 1 is 0.659 bits per heavy atom. The van der Waals surface area contributed by atoms with Gasteiger partial charge in [0.25, 0.3) is 0 Å². The molecule has 0 radical (unpaired) electrons. The van der Waals surface area contributed by atoms with E-state index < -0.39 is 11.9 Å². The van der Waals surface area contributed by atoms with Gasteiger partial charge in [-0.3, -0.25) is 4.79 Å². The maximum atomic E-state index is 12.6. The van der Waals surface area contributed by atoms with E-state index in [4.69, 9.17) is 9.47 Å². The van der Waals surface area contributed by atoms with Gasteiger partial charge in [0.15, 0.2) is 0 Å². The Labute approximate surface area is 250 Å². The van der Waals surface area contributed by atoms with Gasteiger partial charge in [0.05, 0.1) is 13.2 Å². The first-order valence-corrected chi connectivity index (χ1v) is 16.2. The molecule has 0 fully saturated rings. The van der Waals surface area contributed by atoms with Crippen LogP contribution in [0.15, 0.2) is 29.8 Å². The molecule has 1 N–H and O–H groups in total. The molecule has 0 spiro atoms. The molecule has 232 valence electrons. The van der Waals surface area contributed by atoms with Crippen molar-refractivity contribution in [2.75, 3.05) is 18.5 Å². The summed E-state index contributed by atoms with van der Waals surface area (Å²) in [5, 5.41) is 2.94. The Morgan fingerprint density at radius 3 is 1.49 bits per heavy atom. The smallest absolute Gasteiger partial charge is 0.345 e. The number of unbranched alkanes of at least 4 members (excludes halogenated alkanes) is 13. The molecule has 1 aromatic rings. The molecule has 41 heavy (non-hydrogen) atoms. The van der Waals surface area contributed by atoms with Crippen molar-refractivity contribution in [1.29, 1.82) is 0 Å². The zero-order chi connectivity index (χ0) is 30.3. The summed E-state index contributed by atoms with van der Waals surface area (Å²) in [5.41, 5.74) is 1.19. The highest BCUT2D eigenvalue weighted by Gasteiger charge is 2.22. The zero-order valence-corrected chi connectivity index (χ0v) is 26.6. The number of hydrogen-bond donors (Lipinski definition) is 1. The summed E-state index contributed by atoms with van der Waals surface area (Å²) in [4.78, 5) is 37.5. The van der Waals surface area contributed by atoms with Crippen LogP contribution in [0.1, 0.15) is 136 Å². The van der Waals surface area contributed by atoms with E-state index in [9.17, 15) is 14.4 Å². The van der Waals surface area contributed by atoms with Crippen LogP contribution in [-0.4, -0.2) is 31.1 Å². The minimum Gasteiger partial charge on any atom is -0.462 e. The molecule has 1 amide bonds. The third-order valence-electron chi connectivity index (χ3n) is 6.80. The summed E-state index contributed by atoms with van der Waals surface area (Å²) in [6.07, 6.45) is 20.1. The number of amides is 1. The highest BCUT2D eigenvalue weighted by atomic mass is 16.6. The first kappa shape index (κ1) is 36.4. The monoisotopic (exact) mass is 571 g/mol. The van der Waals surface area contributed by atoms with Gasteiger partial charge in [-0.05, 0) is 42.0 Å². The second kappa shape index (κ2) is 23.0. The Bertz CT molecular complexity index is 862. The highest BCUT2D eigenvalue weighted by molar-refractivity contribution is 6.17. The van der Waals surface area contributed by atoms with Gasteiger partial charge in [0, 0.05) is 12.1 Å². The molecular formula is C35H57NO5. The van der Waals surface area contributed by atoms with Crippen LogP contribution in [0.2, 0.25) is 0 Å². The van der Waals surface area contributed by atoms with E-state index >= 15 is 0 Å². The van der Waals surface area contributed by atoms with Crippen LogP contribution in [0.5, 0.6) is 0 Å². The fourth-order valence-corrected chi connectivity index (χ4v) is 4.37. The second-order valence-electron chi connectivity index (χ2n) is 12.1. The topological polar surface area (TPSA) is 81.7 Å². The fourth-order valence-electron chi connectivity index (χ4n) is 4.37. The molecule has 0 aliphatic heterocycles. The van der Waals surface area contributed by atoms with Gasteiger partial charge < -0.3 is 14.8 Å². The molecule has 0 aliphatic rings. The third kappa shape index (κ3) is 19.2. The normalized spacial score (nSPS) is 11.0. The average molecular weight is 572 g/mol. The number of benzene rings is 1. The summed E-state index contributed by atoms with van der Waals surface area (Å²) in [6.45, 7) is 10.4. The molecule has 0 saturated carbocycles. The lowest BCUT2D eigenvalue weighted by atomic mass is 10.0. The van der Waals surface area contributed by atoms with Crippen LogP contribution in [0.3, 0.4) is 0 Å². The quantitative estimate of drug-likeness (QED) is 0.0465.